The van der Waals surface area contributed by atoms with Gasteiger partial charge in [-0.15, -0.1) is 12.4 Å². The molecule has 0 aromatic carbocycles. The fourth-order valence-corrected chi connectivity index (χ4v) is 2.82. The molecule has 2 N–H and O–H groups in total. The number of aromatic nitrogens is 1. The number of hydrogen-bond acceptors (Lipinski definition) is 4. The lowest BCUT2D eigenvalue weighted by molar-refractivity contribution is 0.549. The van der Waals surface area contributed by atoms with Crippen molar-refractivity contribution in [3.05, 3.63) is 24.3 Å². The first-order chi connectivity index (χ1) is 8.08. The van der Waals surface area contributed by atoms with E-state index in [1.807, 2.05) is 0 Å². The first kappa shape index (κ1) is 15.3. The maximum absolute atomic E-state index is 12.9. The van der Waals surface area contributed by atoms with Gasteiger partial charge in [-0.3, -0.25) is 4.98 Å². The summed E-state index contributed by atoms with van der Waals surface area (Å²) >= 11 is 0. The minimum Gasteiger partial charge on any atom is -0.313 e. The second kappa shape index (κ2) is 6.42. The summed E-state index contributed by atoms with van der Waals surface area (Å²) in [5.74, 6) is -0.660. The number of pyridine rings is 1. The molecule has 5 nitrogen and oxygen atoms in total. The molecule has 0 aliphatic carbocycles. The first-order valence-corrected chi connectivity index (χ1v) is 6.90. The van der Waals surface area contributed by atoms with Gasteiger partial charge in [0.25, 0.3) is 0 Å². The number of nitrogens with zero attached hydrogens (tertiary/aromatic N) is 1. The Morgan fingerprint density at radius 1 is 1.50 bits per heavy atom. The summed E-state index contributed by atoms with van der Waals surface area (Å²) in [7, 11) is -3.66. The van der Waals surface area contributed by atoms with Crippen LogP contribution in [0.2, 0.25) is 0 Å². The molecule has 1 aromatic heterocycles. The van der Waals surface area contributed by atoms with Crippen LogP contribution in [0.5, 0.6) is 0 Å². The molecule has 1 aromatic rings. The molecule has 8 heteroatoms. The highest BCUT2D eigenvalue weighted by atomic mass is 35.5. The normalized spacial score (nSPS) is 19.5. The van der Waals surface area contributed by atoms with E-state index in [4.69, 9.17) is 0 Å². The molecule has 1 fully saturated rings. The molecule has 0 radical (unpaired) electrons. The van der Waals surface area contributed by atoms with Gasteiger partial charge in [0.15, 0.2) is 0 Å². The van der Waals surface area contributed by atoms with Gasteiger partial charge in [-0.25, -0.2) is 17.5 Å². The summed E-state index contributed by atoms with van der Waals surface area (Å²) in [6.07, 6.45) is 4.10. The molecule has 18 heavy (non-hydrogen) atoms. The molecule has 1 saturated heterocycles. The third-order valence-corrected chi connectivity index (χ3v) is 4.06. The lowest BCUT2D eigenvalue weighted by Gasteiger charge is -2.11. The quantitative estimate of drug-likeness (QED) is 0.857. The zero-order chi connectivity index (χ0) is 12.3. The van der Waals surface area contributed by atoms with Crippen molar-refractivity contribution in [2.45, 2.75) is 23.8 Å². The second-order valence-electron chi connectivity index (χ2n) is 3.98. The largest absolute Gasteiger partial charge is 0.313 e. The molecular weight excluding hydrogens is 281 g/mol. The zero-order valence-electron chi connectivity index (χ0n) is 9.60. The predicted molar refractivity (Wildman–Crippen MR) is 67.7 cm³/mol. The van der Waals surface area contributed by atoms with Gasteiger partial charge in [-0.2, -0.15) is 0 Å². The van der Waals surface area contributed by atoms with Crippen molar-refractivity contribution < 1.29 is 12.8 Å². The van der Waals surface area contributed by atoms with Gasteiger partial charge in [0.2, 0.25) is 10.0 Å². The average molecular weight is 296 g/mol. The van der Waals surface area contributed by atoms with E-state index in [9.17, 15) is 12.8 Å². The van der Waals surface area contributed by atoms with Gasteiger partial charge < -0.3 is 5.32 Å². The van der Waals surface area contributed by atoms with Crippen molar-refractivity contribution in [3.63, 3.8) is 0 Å². The monoisotopic (exact) mass is 295 g/mol. The van der Waals surface area contributed by atoms with Crippen LogP contribution in [-0.2, 0) is 10.0 Å². The van der Waals surface area contributed by atoms with Crippen LogP contribution in [0.25, 0.3) is 0 Å². The average Bonchev–Trinajstić information content (AvgIpc) is 2.79. The van der Waals surface area contributed by atoms with Crippen molar-refractivity contribution in [3.8, 4) is 0 Å². The van der Waals surface area contributed by atoms with Gasteiger partial charge in [-0.1, -0.05) is 0 Å². The Morgan fingerprint density at radius 3 is 2.89 bits per heavy atom. The van der Waals surface area contributed by atoms with Crippen molar-refractivity contribution in [2.75, 3.05) is 13.1 Å². The van der Waals surface area contributed by atoms with Crippen LogP contribution in [0.1, 0.15) is 12.8 Å². The Morgan fingerprint density at radius 2 is 2.28 bits per heavy atom. The van der Waals surface area contributed by atoms with E-state index in [1.165, 1.54) is 0 Å². The molecule has 0 bridgehead atoms. The lowest BCUT2D eigenvalue weighted by atomic mass is 10.2. The smallest absolute Gasteiger partial charge is 0.242 e. The maximum atomic E-state index is 12.9. The minimum atomic E-state index is -3.66. The second-order valence-corrected chi connectivity index (χ2v) is 5.75. The molecule has 0 spiro atoms. The number of halogens is 2. The fraction of sp³-hybridized carbons (Fsp3) is 0.500. The number of hydrogen-bond donors (Lipinski definition) is 2. The highest BCUT2D eigenvalue weighted by Crippen LogP contribution is 2.09. The van der Waals surface area contributed by atoms with Crippen LogP contribution in [0.3, 0.4) is 0 Å². The van der Waals surface area contributed by atoms with Gasteiger partial charge in [0.1, 0.15) is 10.7 Å². The van der Waals surface area contributed by atoms with E-state index in [0.29, 0.717) is 6.54 Å². The molecule has 102 valence electrons. The number of rotatable bonds is 4. The van der Waals surface area contributed by atoms with Crippen LogP contribution in [0.4, 0.5) is 4.39 Å². The molecule has 2 heterocycles. The van der Waals surface area contributed by atoms with E-state index in [2.05, 4.69) is 15.0 Å². The predicted octanol–water partition coefficient (Wildman–Crippen LogP) is 0.673. The third-order valence-electron chi connectivity index (χ3n) is 2.67. The summed E-state index contributed by atoms with van der Waals surface area (Å²) < 4.78 is 38.9. The van der Waals surface area contributed by atoms with Crippen LogP contribution in [-0.4, -0.2) is 32.5 Å². The third kappa shape index (κ3) is 3.88. The Hall–Kier alpha value is -0.760. The van der Waals surface area contributed by atoms with Crippen molar-refractivity contribution in [1.82, 2.24) is 15.0 Å². The Kier molecular flexibility index (Phi) is 5.46. The molecule has 0 amide bonds. The highest BCUT2D eigenvalue weighted by molar-refractivity contribution is 7.89. The zero-order valence-corrected chi connectivity index (χ0v) is 11.2. The SMILES string of the molecule is Cl.O=S(=O)(NCC1CCCN1)c1cncc(F)c1. The Balaban J connectivity index is 0.00000162. The van der Waals surface area contributed by atoms with Crippen molar-refractivity contribution in [2.24, 2.45) is 0 Å². The van der Waals surface area contributed by atoms with Gasteiger partial charge in [-0.05, 0) is 25.5 Å². The van der Waals surface area contributed by atoms with Crippen molar-refractivity contribution >= 4 is 22.4 Å². The first-order valence-electron chi connectivity index (χ1n) is 5.41. The molecule has 0 saturated carbocycles. The topological polar surface area (TPSA) is 71.1 Å². The summed E-state index contributed by atoms with van der Waals surface area (Å²) in [4.78, 5) is 3.38. The molecular formula is C10H15ClFN3O2S. The van der Waals surface area contributed by atoms with Crippen LogP contribution in [0, 0.1) is 5.82 Å². The number of nitrogens with one attached hydrogen (secondary N) is 2. The van der Waals surface area contributed by atoms with E-state index < -0.39 is 15.8 Å². The summed E-state index contributed by atoms with van der Waals surface area (Å²) in [6, 6.07) is 1.11. The van der Waals surface area contributed by atoms with Gasteiger partial charge >= 0.3 is 0 Å². The minimum absolute atomic E-state index is 0. The van der Waals surface area contributed by atoms with Crippen LogP contribution in [0.15, 0.2) is 23.4 Å². The highest BCUT2D eigenvalue weighted by Gasteiger charge is 2.19. The van der Waals surface area contributed by atoms with Crippen LogP contribution >= 0.6 is 12.4 Å². The molecule has 1 aliphatic rings. The van der Waals surface area contributed by atoms with Gasteiger partial charge in [0.05, 0.1) is 6.20 Å². The molecule has 1 aliphatic heterocycles. The molecule has 1 unspecified atom stereocenters. The van der Waals surface area contributed by atoms with E-state index >= 15 is 0 Å². The summed E-state index contributed by atoms with van der Waals surface area (Å²) in [6.45, 7) is 1.23. The number of sulfonamides is 1. The van der Waals surface area contributed by atoms with Crippen LogP contribution < -0.4 is 10.0 Å². The Labute approximate surface area is 112 Å². The molecule has 1 atom stereocenters. The summed E-state index contributed by atoms with van der Waals surface area (Å²) in [5, 5.41) is 3.18. The van der Waals surface area contributed by atoms with Gasteiger partial charge in [0, 0.05) is 18.8 Å². The standard InChI is InChI=1S/C10H14FN3O2S.ClH/c11-8-4-10(7-12-5-8)17(15,16)14-6-9-2-1-3-13-9;/h4-5,7,9,13-14H,1-3,6H2;1H. The van der Waals surface area contributed by atoms with E-state index in [1.54, 1.807) is 0 Å². The Bertz CT molecular complexity index is 492. The fourth-order valence-electron chi connectivity index (χ4n) is 1.76. The van der Waals surface area contributed by atoms with E-state index in [-0.39, 0.29) is 23.3 Å². The lowest BCUT2D eigenvalue weighted by Crippen LogP contribution is -2.37. The summed E-state index contributed by atoms with van der Waals surface area (Å²) in [5.41, 5.74) is 0. The maximum Gasteiger partial charge on any atom is 0.242 e. The molecule has 2 rings (SSSR count). The van der Waals surface area contributed by atoms with E-state index in [0.717, 1.165) is 37.8 Å². The van der Waals surface area contributed by atoms with Crippen molar-refractivity contribution in [1.29, 1.82) is 0 Å².